The Morgan fingerprint density at radius 3 is 2.25 bits per heavy atom. The molecular formula is C19H19F3N2O7S. The van der Waals surface area contributed by atoms with Gasteiger partial charge in [0.05, 0.1) is 19.3 Å². The lowest BCUT2D eigenvalue weighted by Crippen LogP contribution is -2.51. The Balaban J connectivity index is 2.27. The Morgan fingerprint density at radius 1 is 1.12 bits per heavy atom. The number of hydrogen-bond donors (Lipinski definition) is 1. The van der Waals surface area contributed by atoms with Gasteiger partial charge in [-0.3, -0.25) is 9.47 Å². The highest BCUT2D eigenvalue weighted by molar-refractivity contribution is 7.88. The molecule has 1 aromatic heterocycles. The molecule has 0 amide bonds. The summed E-state index contributed by atoms with van der Waals surface area (Å²) in [5.41, 5.74) is -6.57. The number of halogens is 3. The van der Waals surface area contributed by atoms with Crippen LogP contribution in [-0.2, 0) is 16.7 Å². The Labute approximate surface area is 180 Å². The first-order valence-electron chi connectivity index (χ1n) is 9.07. The van der Waals surface area contributed by atoms with Gasteiger partial charge in [0.25, 0.3) is 0 Å². The van der Waals surface area contributed by atoms with Crippen LogP contribution in [0, 0.1) is 0 Å². The summed E-state index contributed by atoms with van der Waals surface area (Å²) < 4.78 is 72.2. The molecule has 1 aliphatic heterocycles. The van der Waals surface area contributed by atoms with Gasteiger partial charge >= 0.3 is 21.6 Å². The molecule has 1 N–H and O–H groups in total. The predicted molar refractivity (Wildman–Crippen MR) is 107 cm³/mol. The smallest absolute Gasteiger partial charge is 0.493 e. The van der Waals surface area contributed by atoms with Crippen LogP contribution in [-0.4, -0.2) is 42.3 Å². The summed E-state index contributed by atoms with van der Waals surface area (Å²) in [4.78, 5) is 23.8. The van der Waals surface area contributed by atoms with Crippen LogP contribution in [0.25, 0.3) is 11.3 Å². The number of benzene rings is 1. The van der Waals surface area contributed by atoms with Crippen molar-refractivity contribution in [3.63, 3.8) is 0 Å². The van der Waals surface area contributed by atoms with Crippen molar-refractivity contribution in [1.29, 1.82) is 0 Å². The van der Waals surface area contributed by atoms with E-state index in [-0.39, 0.29) is 18.0 Å². The molecule has 1 aromatic carbocycles. The lowest BCUT2D eigenvalue weighted by atomic mass is 9.97. The molecule has 0 radical (unpaired) electrons. The van der Waals surface area contributed by atoms with E-state index < -0.39 is 43.9 Å². The number of pyridine rings is 1. The number of aromatic nitrogens is 1. The van der Waals surface area contributed by atoms with Gasteiger partial charge in [0.1, 0.15) is 5.56 Å². The second-order valence-corrected chi connectivity index (χ2v) is 9.50. The Bertz CT molecular complexity index is 1260. The number of nitrogens with zero attached hydrogens (tertiary/aromatic N) is 2. The summed E-state index contributed by atoms with van der Waals surface area (Å²) in [6, 6.07) is 3.42. The molecule has 174 valence electrons. The number of rotatable bonds is 4. The number of carboxylic acid groups (broad SMARTS) is 1. The summed E-state index contributed by atoms with van der Waals surface area (Å²) in [5.74, 6) is -2.40. The minimum atomic E-state index is -5.95. The van der Waals surface area contributed by atoms with E-state index in [0.29, 0.717) is 11.1 Å². The van der Waals surface area contributed by atoms with Gasteiger partial charge in [0, 0.05) is 23.4 Å². The molecule has 9 nitrogen and oxygen atoms in total. The molecule has 3 rings (SSSR count). The minimum Gasteiger partial charge on any atom is -0.493 e. The number of aromatic carboxylic acids is 1. The van der Waals surface area contributed by atoms with E-state index in [4.69, 9.17) is 4.74 Å². The van der Waals surface area contributed by atoms with Crippen LogP contribution in [0.4, 0.5) is 13.2 Å². The SMILES string of the molecule is COc1cc2c(cc1OS(=O)(=O)C(F)(F)F)CN(C(C)(C)C)n1cc(C(=O)O)c(=O)cc1-2. The molecule has 32 heavy (non-hydrogen) atoms. The quantitative estimate of drug-likeness (QED) is 0.529. The zero-order valence-corrected chi connectivity index (χ0v) is 18.2. The van der Waals surface area contributed by atoms with E-state index in [0.717, 1.165) is 19.2 Å². The lowest BCUT2D eigenvalue weighted by molar-refractivity contribution is -0.0500. The van der Waals surface area contributed by atoms with Gasteiger partial charge < -0.3 is 19.0 Å². The zero-order chi connectivity index (χ0) is 24.2. The van der Waals surface area contributed by atoms with Crippen molar-refractivity contribution in [3.05, 3.63) is 45.7 Å². The topological polar surface area (TPSA) is 115 Å². The number of carboxylic acids is 1. The van der Waals surface area contributed by atoms with Crippen LogP contribution in [0.2, 0.25) is 0 Å². The van der Waals surface area contributed by atoms with Crippen molar-refractivity contribution in [2.24, 2.45) is 0 Å². The fourth-order valence-corrected chi connectivity index (χ4v) is 3.71. The largest absolute Gasteiger partial charge is 0.534 e. The van der Waals surface area contributed by atoms with Crippen LogP contribution in [0.3, 0.4) is 0 Å². The van der Waals surface area contributed by atoms with Gasteiger partial charge in [-0.05, 0) is 38.5 Å². The highest BCUT2D eigenvalue weighted by Gasteiger charge is 2.49. The van der Waals surface area contributed by atoms with E-state index in [9.17, 15) is 36.3 Å². The fraction of sp³-hybridized carbons (Fsp3) is 0.368. The maximum absolute atomic E-state index is 12.8. The summed E-state index contributed by atoms with van der Waals surface area (Å²) in [5, 5.41) is 11.0. The Kier molecular flexibility index (Phi) is 5.44. The molecule has 0 saturated carbocycles. The van der Waals surface area contributed by atoms with Crippen molar-refractivity contribution in [1.82, 2.24) is 4.68 Å². The lowest BCUT2D eigenvalue weighted by Gasteiger charge is -2.43. The average Bonchev–Trinajstić information content (AvgIpc) is 2.64. The van der Waals surface area contributed by atoms with Crippen molar-refractivity contribution in [3.8, 4) is 22.8 Å². The molecule has 0 spiro atoms. The summed E-state index contributed by atoms with van der Waals surface area (Å²) in [7, 11) is -4.84. The molecule has 0 aliphatic carbocycles. The van der Waals surface area contributed by atoms with Crippen molar-refractivity contribution < 1.29 is 40.4 Å². The highest BCUT2D eigenvalue weighted by atomic mass is 32.2. The van der Waals surface area contributed by atoms with E-state index in [1.807, 2.05) is 0 Å². The molecule has 0 unspecified atom stereocenters. The second kappa shape index (κ2) is 7.43. The van der Waals surface area contributed by atoms with Crippen LogP contribution < -0.4 is 19.4 Å². The number of ether oxygens (including phenoxy) is 1. The third kappa shape index (κ3) is 3.99. The molecule has 13 heteroatoms. The van der Waals surface area contributed by atoms with Crippen LogP contribution in [0.5, 0.6) is 11.5 Å². The van der Waals surface area contributed by atoms with Crippen LogP contribution >= 0.6 is 0 Å². The summed E-state index contributed by atoms with van der Waals surface area (Å²) in [6.45, 7) is 5.44. The molecule has 0 atom stereocenters. The van der Waals surface area contributed by atoms with Gasteiger partial charge in [-0.1, -0.05) is 0 Å². The van der Waals surface area contributed by atoms with Crippen molar-refractivity contribution in [2.75, 3.05) is 12.1 Å². The predicted octanol–water partition coefficient (Wildman–Crippen LogP) is 2.70. The average molecular weight is 476 g/mol. The van der Waals surface area contributed by atoms with Gasteiger partial charge in [-0.2, -0.15) is 21.6 Å². The second-order valence-electron chi connectivity index (χ2n) is 7.96. The number of alkyl halides is 3. The number of hydrogen-bond acceptors (Lipinski definition) is 7. The third-order valence-corrected chi connectivity index (χ3v) is 5.73. The van der Waals surface area contributed by atoms with Crippen LogP contribution in [0.15, 0.2) is 29.2 Å². The first kappa shape index (κ1) is 23.4. The summed E-state index contributed by atoms with van der Waals surface area (Å²) >= 11 is 0. The van der Waals surface area contributed by atoms with E-state index >= 15 is 0 Å². The molecule has 0 fully saturated rings. The monoisotopic (exact) mass is 476 g/mol. The first-order chi connectivity index (χ1) is 14.6. The Morgan fingerprint density at radius 2 is 1.75 bits per heavy atom. The van der Waals surface area contributed by atoms with Crippen LogP contribution in [0.1, 0.15) is 36.7 Å². The number of fused-ring (bicyclic) bond motifs is 3. The fourth-order valence-electron chi connectivity index (χ4n) is 3.24. The number of carbonyl (C=O) groups is 1. The zero-order valence-electron chi connectivity index (χ0n) is 17.3. The molecule has 1 aliphatic rings. The molecule has 0 bridgehead atoms. The standard InChI is InChI=1S/C19H19F3N2O7S/c1-18(2,3)24-8-10-5-16(31-32(28,29)19(20,21)22)15(30-4)6-11(10)13-7-14(25)12(17(26)27)9-23(13)24/h5-7,9H,8H2,1-4H3,(H,26,27). The third-order valence-electron chi connectivity index (χ3n) is 4.76. The minimum absolute atomic E-state index is 0.0418. The van der Waals surface area contributed by atoms with Gasteiger partial charge in [0.2, 0.25) is 0 Å². The highest BCUT2D eigenvalue weighted by Crippen LogP contribution is 2.41. The van der Waals surface area contributed by atoms with Crippen molar-refractivity contribution in [2.45, 2.75) is 38.4 Å². The maximum Gasteiger partial charge on any atom is 0.534 e. The van der Waals surface area contributed by atoms with Crippen molar-refractivity contribution >= 4 is 16.1 Å². The maximum atomic E-state index is 12.8. The van der Waals surface area contributed by atoms with E-state index in [2.05, 4.69) is 4.18 Å². The molecular weight excluding hydrogens is 457 g/mol. The van der Waals surface area contributed by atoms with Gasteiger partial charge in [-0.25, -0.2) is 4.79 Å². The number of methoxy groups -OCH3 is 1. The van der Waals surface area contributed by atoms with Gasteiger partial charge in [-0.15, -0.1) is 0 Å². The molecule has 2 aromatic rings. The normalized spacial score (nSPS) is 13.9. The first-order valence-corrected chi connectivity index (χ1v) is 10.5. The van der Waals surface area contributed by atoms with Gasteiger partial charge in [0.15, 0.2) is 16.9 Å². The van der Waals surface area contributed by atoms with E-state index in [1.165, 1.54) is 16.9 Å². The molecule has 0 saturated heterocycles. The molecule has 2 heterocycles. The summed E-state index contributed by atoms with van der Waals surface area (Å²) in [6.07, 6.45) is 1.17. The van der Waals surface area contributed by atoms with E-state index in [1.54, 1.807) is 25.8 Å². The Hall–Kier alpha value is -3.22.